The lowest BCUT2D eigenvalue weighted by Crippen LogP contribution is -2.27. The summed E-state index contributed by atoms with van der Waals surface area (Å²) in [5, 5.41) is 0. The summed E-state index contributed by atoms with van der Waals surface area (Å²) in [5.41, 5.74) is 7.15. The van der Waals surface area contributed by atoms with Crippen LogP contribution in [0.4, 0.5) is 4.79 Å². The van der Waals surface area contributed by atoms with Crippen LogP contribution in [0.5, 0.6) is 0 Å². The van der Waals surface area contributed by atoms with Crippen LogP contribution in [0.2, 0.25) is 0 Å². The van der Waals surface area contributed by atoms with Gasteiger partial charge in [-0.05, 0) is 18.4 Å². The van der Waals surface area contributed by atoms with Gasteiger partial charge in [0.05, 0.1) is 6.61 Å². The van der Waals surface area contributed by atoms with E-state index < -0.39 is 11.9 Å². The molecule has 0 radical (unpaired) electrons. The minimum Gasteiger partial charge on any atom is -0.447 e. The Morgan fingerprint density at radius 3 is 2.65 bits per heavy atom. The van der Waals surface area contributed by atoms with Crippen LogP contribution in [0.15, 0.2) is 24.3 Å². The van der Waals surface area contributed by atoms with Crippen LogP contribution in [0.25, 0.3) is 0 Å². The van der Waals surface area contributed by atoms with Crippen molar-refractivity contribution >= 4 is 6.09 Å². The maximum atomic E-state index is 10.6. The summed E-state index contributed by atoms with van der Waals surface area (Å²) in [5.74, 6) is -0.319. The van der Waals surface area contributed by atoms with E-state index in [4.69, 9.17) is 19.9 Å². The van der Waals surface area contributed by atoms with Crippen molar-refractivity contribution in [1.29, 1.82) is 0 Å². The number of nitrogens with two attached hydrogens (primary N) is 1. The SMILES string of the molecule is CC(C)c1ccc(C2(C)OCC(COC(N)=O)O2)cc1. The second kappa shape index (κ2) is 5.81. The van der Waals surface area contributed by atoms with Crippen molar-refractivity contribution in [3.63, 3.8) is 0 Å². The third kappa shape index (κ3) is 3.29. The maximum Gasteiger partial charge on any atom is 0.404 e. The van der Waals surface area contributed by atoms with Gasteiger partial charge >= 0.3 is 6.09 Å². The van der Waals surface area contributed by atoms with Crippen molar-refractivity contribution in [2.24, 2.45) is 5.73 Å². The van der Waals surface area contributed by atoms with E-state index in [1.807, 2.05) is 19.1 Å². The maximum absolute atomic E-state index is 10.6. The summed E-state index contributed by atoms with van der Waals surface area (Å²) in [6.07, 6.45) is -1.10. The largest absolute Gasteiger partial charge is 0.447 e. The number of primary amides is 1. The number of hydrogen-bond donors (Lipinski definition) is 1. The van der Waals surface area contributed by atoms with Crippen LogP contribution < -0.4 is 5.73 Å². The Hall–Kier alpha value is -1.59. The molecular formula is C15H21NO4. The molecule has 2 rings (SSSR count). The van der Waals surface area contributed by atoms with E-state index in [9.17, 15) is 4.79 Å². The molecule has 5 nitrogen and oxygen atoms in total. The van der Waals surface area contributed by atoms with E-state index in [2.05, 4.69) is 26.0 Å². The van der Waals surface area contributed by atoms with E-state index in [1.165, 1.54) is 5.56 Å². The van der Waals surface area contributed by atoms with Crippen molar-refractivity contribution < 1.29 is 19.0 Å². The molecular weight excluding hydrogens is 258 g/mol. The quantitative estimate of drug-likeness (QED) is 0.919. The van der Waals surface area contributed by atoms with Gasteiger partial charge in [0.25, 0.3) is 0 Å². The molecule has 1 aliphatic heterocycles. The van der Waals surface area contributed by atoms with Crippen LogP contribution in [-0.2, 0) is 20.0 Å². The standard InChI is InChI=1S/C15H21NO4/c1-10(2)11-4-6-12(7-5-11)15(3)19-9-13(20-15)8-18-14(16)17/h4-7,10,13H,8-9H2,1-3H3,(H2,16,17). The van der Waals surface area contributed by atoms with E-state index in [0.717, 1.165) is 5.56 Å². The fourth-order valence-electron chi connectivity index (χ4n) is 2.22. The van der Waals surface area contributed by atoms with Crippen LogP contribution in [0, 0.1) is 0 Å². The lowest BCUT2D eigenvalue weighted by molar-refractivity contribution is -0.165. The zero-order valence-corrected chi connectivity index (χ0v) is 12.1. The summed E-state index contributed by atoms with van der Waals surface area (Å²) in [7, 11) is 0. The van der Waals surface area contributed by atoms with Crippen LogP contribution in [0.3, 0.4) is 0 Å². The molecule has 5 heteroatoms. The predicted molar refractivity (Wildman–Crippen MR) is 74.2 cm³/mol. The first kappa shape index (κ1) is 14.8. The molecule has 1 heterocycles. The highest BCUT2D eigenvalue weighted by molar-refractivity contribution is 5.64. The normalized spacial score (nSPS) is 25.9. The van der Waals surface area contributed by atoms with Gasteiger partial charge in [-0.15, -0.1) is 0 Å². The van der Waals surface area contributed by atoms with E-state index in [1.54, 1.807) is 0 Å². The number of carbonyl (C=O) groups is 1. The van der Waals surface area contributed by atoms with Crippen molar-refractivity contribution in [3.8, 4) is 0 Å². The van der Waals surface area contributed by atoms with Gasteiger partial charge in [0.1, 0.15) is 12.7 Å². The molecule has 1 aromatic rings. The minimum atomic E-state index is -0.804. The average Bonchev–Trinajstić information content (AvgIpc) is 2.80. The van der Waals surface area contributed by atoms with E-state index >= 15 is 0 Å². The number of amides is 1. The van der Waals surface area contributed by atoms with Gasteiger partial charge in [0, 0.05) is 5.56 Å². The van der Waals surface area contributed by atoms with Gasteiger partial charge < -0.3 is 19.9 Å². The highest BCUT2D eigenvalue weighted by Gasteiger charge is 2.39. The molecule has 2 unspecified atom stereocenters. The predicted octanol–water partition coefficient (Wildman–Crippen LogP) is 2.49. The highest BCUT2D eigenvalue weighted by Crippen LogP contribution is 2.34. The molecule has 1 amide bonds. The summed E-state index contributed by atoms with van der Waals surface area (Å²) in [4.78, 5) is 10.6. The number of hydrogen-bond acceptors (Lipinski definition) is 4. The number of benzene rings is 1. The summed E-state index contributed by atoms with van der Waals surface area (Å²) < 4.78 is 16.3. The van der Waals surface area contributed by atoms with Crippen molar-refractivity contribution in [1.82, 2.24) is 0 Å². The van der Waals surface area contributed by atoms with Gasteiger partial charge in [-0.3, -0.25) is 0 Å². The third-order valence-corrected chi connectivity index (χ3v) is 3.45. The summed E-state index contributed by atoms with van der Waals surface area (Å²) >= 11 is 0. The zero-order chi connectivity index (χ0) is 14.8. The Bertz CT molecular complexity index is 471. The third-order valence-electron chi connectivity index (χ3n) is 3.45. The smallest absolute Gasteiger partial charge is 0.404 e. The molecule has 0 bridgehead atoms. The number of ether oxygens (including phenoxy) is 3. The van der Waals surface area contributed by atoms with Crippen molar-refractivity contribution in [3.05, 3.63) is 35.4 Å². The molecule has 0 saturated carbocycles. The fourth-order valence-corrected chi connectivity index (χ4v) is 2.22. The minimum absolute atomic E-state index is 0.106. The van der Waals surface area contributed by atoms with Gasteiger partial charge in [-0.1, -0.05) is 38.1 Å². The molecule has 1 aromatic carbocycles. The Kier molecular flexibility index (Phi) is 4.30. The molecule has 110 valence electrons. The summed E-state index contributed by atoms with van der Waals surface area (Å²) in [6, 6.07) is 8.16. The first-order chi connectivity index (χ1) is 9.40. The zero-order valence-electron chi connectivity index (χ0n) is 12.1. The average molecular weight is 279 g/mol. The monoisotopic (exact) mass is 279 g/mol. The van der Waals surface area contributed by atoms with Crippen LogP contribution in [0.1, 0.15) is 37.8 Å². The first-order valence-electron chi connectivity index (χ1n) is 6.75. The first-order valence-corrected chi connectivity index (χ1v) is 6.75. The molecule has 1 saturated heterocycles. The fraction of sp³-hybridized carbons (Fsp3) is 0.533. The van der Waals surface area contributed by atoms with Gasteiger partial charge in [-0.25, -0.2) is 4.79 Å². The van der Waals surface area contributed by atoms with E-state index in [0.29, 0.717) is 12.5 Å². The van der Waals surface area contributed by atoms with Crippen molar-refractivity contribution in [2.75, 3.05) is 13.2 Å². The van der Waals surface area contributed by atoms with Crippen molar-refractivity contribution in [2.45, 2.75) is 38.6 Å². The molecule has 20 heavy (non-hydrogen) atoms. The molecule has 0 aliphatic carbocycles. The topological polar surface area (TPSA) is 70.8 Å². The Labute approximate surface area is 119 Å². The number of rotatable bonds is 4. The lowest BCUT2D eigenvalue weighted by atomic mass is 9.99. The highest BCUT2D eigenvalue weighted by atomic mass is 16.8. The Morgan fingerprint density at radius 2 is 2.10 bits per heavy atom. The van der Waals surface area contributed by atoms with Crippen LogP contribution in [-0.4, -0.2) is 25.4 Å². The Morgan fingerprint density at radius 1 is 1.45 bits per heavy atom. The lowest BCUT2D eigenvalue weighted by Gasteiger charge is -2.24. The molecule has 0 spiro atoms. The molecule has 2 atom stereocenters. The summed E-state index contributed by atoms with van der Waals surface area (Å²) in [6.45, 7) is 6.64. The van der Waals surface area contributed by atoms with Gasteiger partial charge in [0.15, 0.2) is 5.79 Å². The van der Waals surface area contributed by atoms with Crippen LogP contribution >= 0.6 is 0 Å². The van der Waals surface area contributed by atoms with Gasteiger partial charge in [-0.2, -0.15) is 0 Å². The molecule has 0 aromatic heterocycles. The Balaban J connectivity index is 2.03. The van der Waals surface area contributed by atoms with E-state index in [-0.39, 0.29) is 12.7 Å². The molecule has 1 aliphatic rings. The van der Waals surface area contributed by atoms with Gasteiger partial charge in [0.2, 0.25) is 0 Å². The number of carbonyl (C=O) groups excluding carboxylic acids is 1. The second-order valence-electron chi connectivity index (χ2n) is 5.40. The molecule has 1 fully saturated rings. The molecule has 2 N–H and O–H groups in total. The second-order valence-corrected chi connectivity index (χ2v) is 5.40.